The molecular weight excluding hydrogens is 264 g/mol. The molecule has 0 saturated heterocycles. The molecule has 1 aromatic carbocycles. The summed E-state index contributed by atoms with van der Waals surface area (Å²) < 4.78 is 0. The van der Waals surface area contributed by atoms with E-state index < -0.39 is 0 Å². The number of allylic oxidation sites excluding steroid dienone is 1. The molecule has 0 bridgehead atoms. The van der Waals surface area contributed by atoms with Crippen LogP contribution in [0, 0.1) is 5.92 Å². The molecule has 1 unspecified atom stereocenters. The number of carbonyl (C=O) groups is 2. The SMILES string of the molecule is C=CC(=O)Nc1ccccc1CC(=O)NCC1C=CCC1. The van der Waals surface area contributed by atoms with Crippen molar-refractivity contribution in [3.8, 4) is 0 Å². The van der Waals surface area contributed by atoms with E-state index in [-0.39, 0.29) is 18.2 Å². The van der Waals surface area contributed by atoms with E-state index in [4.69, 9.17) is 0 Å². The van der Waals surface area contributed by atoms with Crippen LogP contribution in [-0.2, 0) is 16.0 Å². The third-order valence-electron chi connectivity index (χ3n) is 3.49. The van der Waals surface area contributed by atoms with Gasteiger partial charge in [0.1, 0.15) is 0 Å². The smallest absolute Gasteiger partial charge is 0.247 e. The van der Waals surface area contributed by atoms with Gasteiger partial charge in [-0.1, -0.05) is 36.9 Å². The first-order valence-corrected chi connectivity index (χ1v) is 7.13. The second kappa shape index (κ2) is 7.43. The largest absolute Gasteiger partial charge is 0.355 e. The lowest BCUT2D eigenvalue weighted by Crippen LogP contribution is -2.29. The second-order valence-electron chi connectivity index (χ2n) is 5.10. The molecule has 0 spiro atoms. The van der Waals surface area contributed by atoms with Crippen LogP contribution < -0.4 is 10.6 Å². The molecule has 0 aromatic heterocycles. The van der Waals surface area contributed by atoms with Crippen molar-refractivity contribution in [2.45, 2.75) is 19.3 Å². The van der Waals surface area contributed by atoms with E-state index >= 15 is 0 Å². The maximum absolute atomic E-state index is 12.0. The van der Waals surface area contributed by atoms with Crippen molar-refractivity contribution < 1.29 is 9.59 Å². The molecule has 0 fully saturated rings. The van der Waals surface area contributed by atoms with Gasteiger partial charge in [0.15, 0.2) is 0 Å². The fourth-order valence-corrected chi connectivity index (χ4v) is 2.33. The molecule has 0 aliphatic heterocycles. The summed E-state index contributed by atoms with van der Waals surface area (Å²) in [5.41, 5.74) is 1.45. The highest BCUT2D eigenvalue weighted by molar-refractivity contribution is 5.99. The van der Waals surface area contributed by atoms with Crippen molar-refractivity contribution in [3.05, 3.63) is 54.6 Å². The van der Waals surface area contributed by atoms with Gasteiger partial charge in [0.05, 0.1) is 6.42 Å². The molecule has 1 aromatic rings. The number of para-hydroxylation sites is 1. The Morgan fingerprint density at radius 2 is 2.14 bits per heavy atom. The number of nitrogens with one attached hydrogen (secondary N) is 2. The van der Waals surface area contributed by atoms with Crippen LogP contribution in [0.3, 0.4) is 0 Å². The molecule has 1 aliphatic rings. The number of hydrogen-bond acceptors (Lipinski definition) is 2. The molecule has 0 radical (unpaired) electrons. The first kappa shape index (κ1) is 15.0. The molecule has 2 rings (SSSR count). The average Bonchev–Trinajstić information content (AvgIpc) is 3.00. The highest BCUT2D eigenvalue weighted by Crippen LogP contribution is 2.17. The van der Waals surface area contributed by atoms with Crippen LogP contribution in [0.1, 0.15) is 18.4 Å². The Morgan fingerprint density at radius 1 is 1.33 bits per heavy atom. The summed E-state index contributed by atoms with van der Waals surface area (Å²) in [5.74, 6) is 0.138. The third kappa shape index (κ3) is 4.60. The maximum Gasteiger partial charge on any atom is 0.247 e. The minimum atomic E-state index is -0.279. The molecule has 4 heteroatoms. The Bertz CT molecular complexity index is 564. The normalized spacial score (nSPS) is 16.5. The van der Waals surface area contributed by atoms with Crippen molar-refractivity contribution in [1.29, 1.82) is 0 Å². The molecule has 21 heavy (non-hydrogen) atoms. The predicted molar refractivity (Wildman–Crippen MR) is 83.8 cm³/mol. The van der Waals surface area contributed by atoms with Crippen LogP contribution in [0.5, 0.6) is 0 Å². The van der Waals surface area contributed by atoms with Gasteiger partial charge in [0.2, 0.25) is 11.8 Å². The third-order valence-corrected chi connectivity index (χ3v) is 3.49. The van der Waals surface area contributed by atoms with Gasteiger partial charge < -0.3 is 10.6 Å². The van der Waals surface area contributed by atoms with E-state index in [0.29, 0.717) is 18.2 Å². The van der Waals surface area contributed by atoms with E-state index in [0.717, 1.165) is 18.4 Å². The maximum atomic E-state index is 12.0. The highest BCUT2D eigenvalue weighted by Gasteiger charge is 2.12. The standard InChI is InChI=1S/C17H20N2O2/c1-2-16(20)19-15-10-6-5-9-14(15)11-17(21)18-12-13-7-3-4-8-13/h2-3,5-7,9-10,13H,1,4,8,11-12H2,(H,18,21)(H,19,20). The Hall–Kier alpha value is -2.36. The summed E-state index contributed by atoms with van der Waals surface area (Å²) in [6, 6.07) is 7.30. The first-order chi connectivity index (χ1) is 10.2. The van der Waals surface area contributed by atoms with Crippen LogP contribution in [0.4, 0.5) is 5.69 Å². The van der Waals surface area contributed by atoms with E-state index in [2.05, 4.69) is 29.4 Å². The second-order valence-corrected chi connectivity index (χ2v) is 5.10. The van der Waals surface area contributed by atoms with Crippen LogP contribution in [0.15, 0.2) is 49.1 Å². The zero-order chi connectivity index (χ0) is 15.1. The number of anilines is 1. The summed E-state index contributed by atoms with van der Waals surface area (Å²) in [7, 11) is 0. The fraction of sp³-hybridized carbons (Fsp3) is 0.294. The monoisotopic (exact) mass is 284 g/mol. The van der Waals surface area contributed by atoms with Crippen molar-refractivity contribution in [3.63, 3.8) is 0 Å². The summed E-state index contributed by atoms with van der Waals surface area (Å²) >= 11 is 0. The van der Waals surface area contributed by atoms with Crippen molar-refractivity contribution >= 4 is 17.5 Å². The van der Waals surface area contributed by atoms with E-state index in [9.17, 15) is 9.59 Å². The number of hydrogen-bond donors (Lipinski definition) is 2. The molecule has 2 N–H and O–H groups in total. The summed E-state index contributed by atoms with van der Waals surface area (Å²) in [5, 5.41) is 5.66. The van der Waals surface area contributed by atoms with Gasteiger partial charge in [0.25, 0.3) is 0 Å². The van der Waals surface area contributed by atoms with Gasteiger partial charge in [-0.15, -0.1) is 0 Å². The van der Waals surface area contributed by atoms with Crippen LogP contribution >= 0.6 is 0 Å². The van der Waals surface area contributed by atoms with Gasteiger partial charge in [-0.05, 0) is 36.5 Å². The molecule has 1 aliphatic carbocycles. The first-order valence-electron chi connectivity index (χ1n) is 7.13. The minimum absolute atomic E-state index is 0.0318. The Kier molecular flexibility index (Phi) is 5.32. The molecular formula is C17H20N2O2. The highest BCUT2D eigenvalue weighted by atomic mass is 16.2. The lowest BCUT2D eigenvalue weighted by Gasteiger charge is -2.12. The molecule has 1 atom stereocenters. The zero-order valence-electron chi connectivity index (χ0n) is 12.0. The van der Waals surface area contributed by atoms with Gasteiger partial charge in [0, 0.05) is 12.2 Å². The van der Waals surface area contributed by atoms with Crippen LogP contribution in [-0.4, -0.2) is 18.4 Å². The molecule has 0 saturated carbocycles. The number of benzene rings is 1. The number of amides is 2. The average molecular weight is 284 g/mol. The Morgan fingerprint density at radius 3 is 2.86 bits per heavy atom. The molecule has 110 valence electrons. The Balaban J connectivity index is 1.91. The number of rotatable bonds is 6. The minimum Gasteiger partial charge on any atom is -0.355 e. The summed E-state index contributed by atoms with van der Waals surface area (Å²) in [4.78, 5) is 23.4. The topological polar surface area (TPSA) is 58.2 Å². The molecule has 2 amide bonds. The zero-order valence-corrected chi connectivity index (χ0v) is 12.0. The van der Waals surface area contributed by atoms with E-state index in [1.165, 1.54) is 6.08 Å². The van der Waals surface area contributed by atoms with Crippen molar-refractivity contribution in [2.24, 2.45) is 5.92 Å². The number of carbonyl (C=O) groups excluding carboxylic acids is 2. The van der Waals surface area contributed by atoms with Crippen molar-refractivity contribution in [1.82, 2.24) is 5.32 Å². The predicted octanol–water partition coefficient (Wildman–Crippen LogP) is 2.44. The van der Waals surface area contributed by atoms with E-state index in [1.807, 2.05) is 18.2 Å². The van der Waals surface area contributed by atoms with Gasteiger partial charge in [-0.3, -0.25) is 9.59 Å². The van der Waals surface area contributed by atoms with Crippen LogP contribution in [0.2, 0.25) is 0 Å². The molecule has 0 heterocycles. The van der Waals surface area contributed by atoms with Gasteiger partial charge in [-0.25, -0.2) is 0 Å². The van der Waals surface area contributed by atoms with Crippen LogP contribution in [0.25, 0.3) is 0 Å². The fourth-order valence-electron chi connectivity index (χ4n) is 2.33. The molecule has 4 nitrogen and oxygen atoms in total. The van der Waals surface area contributed by atoms with Gasteiger partial charge >= 0.3 is 0 Å². The quantitative estimate of drug-likeness (QED) is 0.622. The van der Waals surface area contributed by atoms with Gasteiger partial charge in [-0.2, -0.15) is 0 Å². The summed E-state index contributed by atoms with van der Waals surface area (Å²) in [6.45, 7) is 4.10. The Labute approximate surface area is 124 Å². The summed E-state index contributed by atoms with van der Waals surface area (Å²) in [6.07, 6.45) is 7.96. The van der Waals surface area contributed by atoms with Crippen molar-refractivity contribution in [2.75, 3.05) is 11.9 Å². The lowest BCUT2D eigenvalue weighted by atomic mass is 10.1. The lowest BCUT2D eigenvalue weighted by molar-refractivity contribution is -0.120. The van der Waals surface area contributed by atoms with E-state index in [1.54, 1.807) is 6.07 Å².